The van der Waals surface area contributed by atoms with Crippen molar-refractivity contribution in [3.05, 3.63) is 12.5 Å². The van der Waals surface area contributed by atoms with Crippen molar-refractivity contribution >= 4 is 6.34 Å². The van der Waals surface area contributed by atoms with E-state index in [1.54, 1.807) is 6.34 Å². The molecule has 0 bridgehead atoms. The number of aliphatic imine (C=N–C) groups is 1. The molecular formula is C4H6N2O. The summed E-state index contributed by atoms with van der Waals surface area (Å²) < 4.78 is 4.77. The van der Waals surface area contributed by atoms with Crippen LogP contribution in [-0.4, -0.2) is 13.1 Å². The van der Waals surface area contributed by atoms with Gasteiger partial charge in [0.1, 0.15) is 0 Å². The molecule has 3 nitrogen and oxygen atoms in total. The molecule has 1 heterocycles. The van der Waals surface area contributed by atoms with Gasteiger partial charge in [-0.25, -0.2) is 4.99 Å². The van der Waals surface area contributed by atoms with E-state index < -0.39 is 0 Å². The van der Waals surface area contributed by atoms with Crippen LogP contribution >= 0.6 is 0 Å². The van der Waals surface area contributed by atoms with E-state index in [2.05, 4.69) is 16.9 Å². The maximum Gasteiger partial charge on any atom is 0.186 e. The lowest BCUT2D eigenvalue weighted by Gasteiger charge is -2.08. The van der Waals surface area contributed by atoms with Crippen molar-refractivity contribution in [2.45, 2.75) is 0 Å². The van der Waals surface area contributed by atoms with Gasteiger partial charge in [0.05, 0.1) is 6.34 Å². The van der Waals surface area contributed by atoms with Gasteiger partial charge < -0.3 is 10.1 Å². The molecule has 1 aliphatic rings. The molecule has 0 aliphatic carbocycles. The standard InChI is InChI=1S/C4H6N2O/c1-4-6-2-5-3-7-4/h2H,1,3H2,(H,5,6). The zero-order valence-electron chi connectivity index (χ0n) is 3.85. The van der Waals surface area contributed by atoms with E-state index in [0.717, 1.165) is 0 Å². The lowest BCUT2D eigenvalue weighted by atomic mass is 10.8. The topological polar surface area (TPSA) is 33.6 Å². The lowest BCUT2D eigenvalue weighted by molar-refractivity contribution is 0.203. The van der Waals surface area contributed by atoms with Crippen molar-refractivity contribution in [1.29, 1.82) is 0 Å². The molecule has 0 aromatic rings. The first-order valence-electron chi connectivity index (χ1n) is 1.96. The fraction of sp³-hybridized carbons (Fsp3) is 0.250. The van der Waals surface area contributed by atoms with Gasteiger partial charge in [-0.3, -0.25) is 0 Å². The van der Waals surface area contributed by atoms with Crippen molar-refractivity contribution < 1.29 is 4.74 Å². The highest BCUT2D eigenvalue weighted by atomic mass is 16.5. The molecule has 0 amide bonds. The molecule has 0 unspecified atom stereocenters. The monoisotopic (exact) mass is 98.0 g/mol. The van der Waals surface area contributed by atoms with E-state index in [1.807, 2.05) is 0 Å². The lowest BCUT2D eigenvalue weighted by Crippen LogP contribution is -2.17. The number of hydrogen-bond donors (Lipinski definition) is 1. The Labute approximate surface area is 41.7 Å². The Hall–Kier alpha value is -0.990. The third-order valence-corrected chi connectivity index (χ3v) is 0.630. The van der Waals surface area contributed by atoms with Crippen LogP contribution in [-0.2, 0) is 4.74 Å². The quantitative estimate of drug-likeness (QED) is 0.465. The second kappa shape index (κ2) is 1.64. The normalized spacial score (nSPS) is 18.0. The molecule has 0 spiro atoms. The Morgan fingerprint density at radius 2 is 2.86 bits per heavy atom. The first kappa shape index (κ1) is 4.18. The van der Waals surface area contributed by atoms with Crippen molar-refractivity contribution in [1.82, 2.24) is 5.32 Å². The summed E-state index contributed by atoms with van der Waals surface area (Å²) in [5.74, 6) is 0.565. The highest BCUT2D eigenvalue weighted by Gasteiger charge is 1.91. The molecule has 1 aliphatic heterocycles. The molecule has 0 aromatic heterocycles. The van der Waals surface area contributed by atoms with E-state index >= 15 is 0 Å². The molecule has 38 valence electrons. The molecule has 3 heteroatoms. The SMILES string of the molecule is C=C1NC=NCO1. The molecule has 0 radical (unpaired) electrons. The van der Waals surface area contributed by atoms with E-state index in [4.69, 9.17) is 4.74 Å². The van der Waals surface area contributed by atoms with E-state index in [1.165, 1.54) is 0 Å². The summed E-state index contributed by atoms with van der Waals surface area (Å²) in [6, 6.07) is 0. The van der Waals surface area contributed by atoms with Crippen LogP contribution in [0.4, 0.5) is 0 Å². The molecule has 0 fully saturated rings. The summed E-state index contributed by atoms with van der Waals surface area (Å²) in [5, 5.41) is 2.67. The zero-order valence-corrected chi connectivity index (χ0v) is 3.85. The van der Waals surface area contributed by atoms with Crippen LogP contribution in [0.3, 0.4) is 0 Å². The van der Waals surface area contributed by atoms with Crippen LogP contribution < -0.4 is 5.32 Å². The molecule has 1 N–H and O–H groups in total. The Morgan fingerprint density at radius 3 is 3.14 bits per heavy atom. The first-order chi connectivity index (χ1) is 3.39. The number of nitrogens with one attached hydrogen (secondary N) is 1. The second-order valence-electron chi connectivity index (χ2n) is 1.15. The van der Waals surface area contributed by atoms with Gasteiger partial charge in [-0.2, -0.15) is 0 Å². The summed E-state index contributed by atoms with van der Waals surface area (Å²) >= 11 is 0. The van der Waals surface area contributed by atoms with Gasteiger partial charge in [-0.05, 0) is 6.58 Å². The minimum Gasteiger partial charge on any atom is -0.457 e. The number of ether oxygens (including phenoxy) is 1. The van der Waals surface area contributed by atoms with Crippen molar-refractivity contribution in [2.24, 2.45) is 4.99 Å². The van der Waals surface area contributed by atoms with Crippen LogP contribution in [0, 0.1) is 0 Å². The van der Waals surface area contributed by atoms with Crippen LogP contribution in [0.2, 0.25) is 0 Å². The average Bonchev–Trinajstić information content (AvgIpc) is 1.69. The van der Waals surface area contributed by atoms with Crippen LogP contribution in [0.15, 0.2) is 17.5 Å². The zero-order chi connectivity index (χ0) is 5.11. The van der Waals surface area contributed by atoms with Crippen molar-refractivity contribution in [2.75, 3.05) is 6.73 Å². The maximum atomic E-state index is 4.77. The van der Waals surface area contributed by atoms with E-state index in [0.29, 0.717) is 12.6 Å². The van der Waals surface area contributed by atoms with Crippen molar-refractivity contribution in [3.63, 3.8) is 0 Å². The first-order valence-corrected chi connectivity index (χ1v) is 1.96. The van der Waals surface area contributed by atoms with Gasteiger partial charge in [0.2, 0.25) is 0 Å². The van der Waals surface area contributed by atoms with Gasteiger partial charge in [0, 0.05) is 0 Å². The van der Waals surface area contributed by atoms with Gasteiger partial charge in [0.25, 0.3) is 0 Å². The van der Waals surface area contributed by atoms with Gasteiger partial charge in [-0.1, -0.05) is 0 Å². The largest absolute Gasteiger partial charge is 0.457 e. The molecular weight excluding hydrogens is 92.1 g/mol. The Morgan fingerprint density at radius 1 is 2.00 bits per heavy atom. The Bertz CT molecular complexity index is 108. The van der Waals surface area contributed by atoms with Crippen LogP contribution in [0.1, 0.15) is 0 Å². The Balaban J connectivity index is 2.47. The third-order valence-electron chi connectivity index (χ3n) is 0.630. The molecule has 0 saturated heterocycles. The average molecular weight is 98.1 g/mol. The molecule has 1 rings (SSSR count). The van der Waals surface area contributed by atoms with Crippen molar-refractivity contribution in [3.8, 4) is 0 Å². The van der Waals surface area contributed by atoms with E-state index in [9.17, 15) is 0 Å². The highest BCUT2D eigenvalue weighted by molar-refractivity contribution is 5.56. The van der Waals surface area contributed by atoms with Gasteiger partial charge >= 0.3 is 0 Å². The fourth-order valence-corrected chi connectivity index (χ4v) is 0.312. The van der Waals surface area contributed by atoms with Crippen LogP contribution in [0.25, 0.3) is 0 Å². The number of hydrogen-bond acceptors (Lipinski definition) is 3. The third kappa shape index (κ3) is 0.924. The van der Waals surface area contributed by atoms with Gasteiger partial charge in [-0.15, -0.1) is 0 Å². The summed E-state index contributed by atoms with van der Waals surface area (Å²) in [6.45, 7) is 3.88. The molecule has 0 aromatic carbocycles. The van der Waals surface area contributed by atoms with E-state index in [-0.39, 0.29) is 0 Å². The maximum absolute atomic E-state index is 4.77. The minimum absolute atomic E-state index is 0.395. The Kier molecular flexibility index (Phi) is 0.978. The number of nitrogens with zero attached hydrogens (tertiary/aromatic N) is 1. The predicted molar refractivity (Wildman–Crippen MR) is 26.7 cm³/mol. The van der Waals surface area contributed by atoms with Gasteiger partial charge in [0.15, 0.2) is 12.6 Å². The van der Waals surface area contributed by atoms with Crippen LogP contribution in [0.5, 0.6) is 0 Å². The fourth-order valence-electron chi connectivity index (χ4n) is 0.312. The summed E-state index contributed by atoms with van der Waals surface area (Å²) in [6.07, 6.45) is 1.56. The smallest absolute Gasteiger partial charge is 0.186 e. The predicted octanol–water partition coefficient (Wildman–Crippen LogP) is 0.0632. The summed E-state index contributed by atoms with van der Waals surface area (Å²) in [4.78, 5) is 3.71. The highest BCUT2D eigenvalue weighted by Crippen LogP contribution is 1.89. The molecule has 0 saturated carbocycles. The molecule has 7 heavy (non-hydrogen) atoms. The number of rotatable bonds is 0. The molecule has 0 atom stereocenters. The summed E-state index contributed by atoms with van der Waals surface area (Å²) in [7, 11) is 0. The summed E-state index contributed by atoms with van der Waals surface area (Å²) in [5.41, 5.74) is 0. The minimum atomic E-state index is 0.395. The second-order valence-corrected chi connectivity index (χ2v) is 1.15.